The maximum atomic E-state index is 5.74. The van der Waals surface area contributed by atoms with Crippen molar-refractivity contribution in [3.8, 4) is 5.75 Å². The number of nitrogens with zero attached hydrogens (tertiary/aromatic N) is 2. The van der Waals surface area contributed by atoms with Gasteiger partial charge in [-0.05, 0) is 75.7 Å². The first-order valence-corrected chi connectivity index (χ1v) is 12.3. The molecule has 0 spiro atoms. The fourth-order valence-electron chi connectivity index (χ4n) is 4.25. The van der Waals surface area contributed by atoms with Crippen molar-refractivity contribution in [1.29, 1.82) is 0 Å². The molecule has 1 aromatic carbocycles. The Bertz CT molecular complexity index is 660. The number of hydrogen-bond donors (Lipinski definition) is 2. The van der Waals surface area contributed by atoms with Crippen LogP contribution >= 0.6 is 24.0 Å². The van der Waals surface area contributed by atoms with Crippen LogP contribution < -0.4 is 15.4 Å². The van der Waals surface area contributed by atoms with Gasteiger partial charge in [-0.3, -0.25) is 9.89 Å². The average molecular weight is 575 g/mol. The normalized spacial score (nSPS) is 19.8. The Labute approximate surface area is 217 Å². The first-order valence-electron chi connectivity index (χ1n) is 12.3. The number of nitrogens with one attached hydrogen (secondary N) is 2. The summed E-state index contributed by atoms with van der Waals surface area (Å²) in [5, 5.41) is 6.81. The van der Waals surface area contributed by atoms with Crippen LogP contribution in [0.4, 0.5) is 0 Å². The summed E-state index contributed by atoms with van der Waals surface area (Å²) in [5.74, 6) is 2.50. The Morgan fingerprint density at radius 1 is 1.15 bits per heavy atom. The molecule has 0 radical (unpaired) electrons. The Morgan fingerprint density at radius 2 is 1.94 bits per heavy atom. The van der Waals surface area contributed by atoms with Crippen molar-refractivity contribution in [2.45, 2.75) is 51.7 Å². The third kappa shape index (κ3) is 10.8. The lowest BCUT2D eigenvalue weighted by Gasteiger charge is -2.31. The van der Waals surface area contributed by atoms with Gasteiger partial charge in [-0.25, -0.2) is 0 Å². The second-order valence-corrected chi connectivity index (χ2v) is 8.78. The Hall–Kier alpha value is -1.10. The molecule has 0 bridgehead atoms. The van der Waals surface area contributed by atoms with Crippen LogP contribution in [-0.4, -0.2) is 76.6 Å². The third-order valence-electron chi connectivity index (χ3n) is 6.21. The van der Waals surface area contributed by atoms with Gasteiger partial charge in [0.1, 0.15) is 5.75 Å². The van der Waals surface area contributed by atoms with Gasteiger partial charge < -0.3 is 24.8 Å². The van der Waals surface area contributed by atoms with E-state index in [0.29, 0.717) is 12.0 Å². The van der Waals surface area contributed by atoms with Crippen molar-refractivity contribution >= 4 is 29.9 Å². The van der Waals surface area contributed by atoms with Crippen LogP contribution in [0.1, 0.15) is 44.6 Å². The molecule has 188 valence electrons. The fourth-order valence-corrected chi connectivity index (χ4v) is 4.25. The van der Waals surface area contributed by atoms with Crippen molar-refractivity contribution in [3.05, 3.63) is 29.8 Å². The van der Waals surface area contributed by atoms with E-state index in [-0.39, 0.29) is 24.0 Å². The van der Waals surface area contributed by atoms with Crippen LogP contribution in [0, 0.1) is 5.92 Å². The average Bonchev–Trinajstić information content (AvgIpc) is 3.34. The molecule has 7 nitrogen and oxygen atoms in total. The van der Waals surface area contributed by atoms with E-state index in [1.807, 2.05) is 12.1 Å². The van der Waals surface area contributed by atoms with Crippen molar-refractivity contribution in [1.82, 2.24) is 15.5 Å². The topological polar surface area (TPSA) is 67.4 Å². The number of benzene rings is 1. The molecule has 2 aliphatic heterocycles. The number of piperidine rings is 1. The minimum Gasteiger partial charge on any atom is -0.497 e. The molecule has 0 saturated carbocycles. The van der Waals surface area contributed by atoms with Gasteiger partial charge >= 0.3 is 0 Å². The van der Waals surface area contributed by atoms with Gasteiger partial charge in [0, 0.05) is 39.4 Å². The predicted molar refractivity (Wildman–Crippen MR) is 145 cm³/mol. The van der Waals surface area contributed by atoms with Gasteiger partial charge in [0.15, 0.2) is 5.96 Å². The Balaban J connectivity index is 0.00000385. The predicted octanol–water partition coefficient (Wildman–Crippen LogP) is 3.67. The number of likely N-dealkylation sites (tertiary alicyclic amines) is 1. The van der Waals surface area contributed by atoms with Gasteiger partial charge in [-0.15, -0.1) is 24.0 Å². The van der Waals surface area contributed by atoms with E-state index < -0.39 is 0 Å². The molecule has 2 aliphatic rings. The lowest BCUT2D eigenvalue weighted by atomic mass is 9.96. The number of ether oxygens (including phenoxy) is 3. The van der Waals surface area contributed by atoms with E-state index in [1.54, 1.807) is 7.11 Å². The largest absolute Gasteiger partial charge is 0.497 e. The molecule has 1 unspecified atom stereocenters. The molecule has 2 fully saturated rings. The van der Waals surface area contributed by atoms with Crippen LogP contribution in [-0.2, 0) is 16.0 Å². The maximum absolute atomic E-state index is 5.74. The summed E-state index contributed by atoms with van der Waals surface area (Å²) in [7, 11) is 1.71. The number of halogens is 1. The highest BCUT2D eigenvalue weighted by Gasteiger charge is 2.19. The van der Waals surface area contributed by atoms with E-state index >= 15 is 0 Å². The number of methoxy groups -OCH3 is 1. The molecule has 1 aromatic rings. The lowest BCUT2D eigenvalue weighted by Crippen LogP contribution is -2.39. The summed E-state index contributed by atoms with van der Waals surface area (Å²) >= 11 is 0. The standard InChI is InChI=1S/C25H42N4O3.HI/c1-3-26-25(27-13-5-16-31-20-24-6-4-17-32-24)28-18-21-11-14-29(15-12-21)19-22-7-9-23(30-2)10-8-22;/h7-10,21,24H,3-6,11-20H2,1-2H3,(H2,26,27,28);1H. The highest BCUT2D eigenvalue weighted by Crippen LogP contribution is 2.20. The van der Waals surface area contributed by atoms with Crippen molar-refractivity contribution in [2.24, 2.45) is 10.9 Å². The van der Waals surface area contributed by atoms with Gasteiger partial charge in [0.25, 0.3) is 0 Å². The zero-order valence-corrected chi connectivity index (χ0v) is 22.7. The van der Waals surface area contributed by atoms with Crippen LogP contribution in [0.2, 0.25) is 0 Å². The van der Waals surface area contributed by atoms with E-state index in [2.05, 4.69) is 34.6 Å². The Kier molecular flexibility index (Phi) is 14.1. The molecule has 8 heteroatoms. The Morgan fingerprint density at radius 3 is 2.61 bits per heavy atom. The summed E-state index contributed by atoms with van der Waals surface area (Å²) in [6.45, 7) is 10.4. The molecular formula is C25H43IN4O3. The second-order valence-electron chi connectivity index (χ2n) is 8.78. The quantitative estimate of drug-likeness (QED) is 0.172. The van der Waals surface area contributed by atoms with Crippen molar-refractivity contribution < 1.29 is 14.2 Å². The minimum absolute atomic E-state index is 0. The smallest absolute Gasteiger partial charge is 0.191 e. The van der Waals surface area contributed by atoms with Crippen LogP contribution in [0.25, 0.3) is 0 Å². The molecule has 2 heterocycles. The molecule has 3 rings (SSSR count). The van der Waals surface area contributed by atoms with Gasteiger partial charge in [-0.2, -0.15) is 0 Å². The fraction of sp³-hybridized carbons (Fsp3) is 0.720. The van der Waals surface area contributed by atoms with Crippen LogP contribution in [0.5, 0.6) is 5.75 Å². The number of rotatable bonds is 12. The monoisotopic (exact) mass is 574 g/mol. The SMILES string of the molecule is CCNC(=NCC1CCN(Cc2ccc(OC)cc2)CC1)NCCCOCC1CCCO1.I. The van der Waals surface area contributed by atoms with Crippen LogP contribution in [0.3, 0.4) is 0 Å². The van der Waals surface area contributed by atoms with Crippen molar-refractivity contribution in [3.63, 3.8) is 0 Å². The molecule has 1 atom stereocenters. The zero-order chi connectivity index (χ0) is 22.4. The number of hydrogen-bond acceptors (Lipinski definition) is 5. The first kappa shape index (κ1) is 28.1. The molecule has 0 amide bonds. The number of aliphatic imine (C=N–C) groups is 1. The minimum atomic E-state index is 0. The lowest BCUT2D eigenvalue weighted by molar-refractivity contribution is 0.0168. The molecule has 2 N–H and O–H groups in total. The molecule has 33 heavy (non-hydrogen) atoms. The van der Waals surface area contributed by atoms with Gasteiger partial charge in [-0.1, -0.05) is 12.1 Å². The molecular weight excluding hydrogens is 531 g/mol. The maximum Gasteiger partial charge on any atom is 0.191 e. The highest BCUT2D eigenvalue weighted by atomic mass is 127. The third-order valence-corrected chi connectivity index (χ3v) is 6.21. The van der Waals surface area contributed by atoms with Gasteiger partial charge in [0.2, 0.25) is 0 Å². The zero-order valence-electron chi connectivity index (χ0n) is 20.4. The second kappa shape index (κ2) is 16.5. The molecule has 0 aliphatic carbocycles. The van der Waals surface area contributed by atoms with E-state index in [1.165, 1.54) is 24.8 Å². The summed E-state index contributed by atoms with van der Waals surface area (Å²) < 4.78 is 16.6. The highest BCUT2D eigenvalue weighted by molar-refractivity contribution is 14.0. The van der Waals surface area contributed by atoms with E-state index in [9.17, 15) is 0 Å². The number of guanidine groups is 1. The van der Waals surface area contributed by atoms with E-state index in [4.69, 9.17) is 19.2 Å². The van der Waals surface area contributed by atoms with Crippen molar-refractivity contribution in [2.75, 3.05) is 59.7 Å². The summed E-state index contributed by atoms with van der Waals surface area (Å²) in [6.07, 6.45) is 5.99. The molecule has 0 aromatic heterocycles. The van der Waals surface area contributed by atoms with Crippen LogP contribution in [0.15, 0.2) is 29.3 Å². The first-order chi connectivity index (χ1) is 15.8. The van der Waals surface area contributed by atoms with E-state index in [0.717, 1.165) is 83.6 Å². The summed E-state index contributed by atoms with van der Waals surface area (Å²) in [6, 6.07) is 8.42. The molecule has 2 saturated heterocycles. The van der Waals surface area contributed by atoms with Gasteiger partial charge in [0.05, 0.1) is 19.8 Å². The summed E-state index contributed by atoms with van der Waals surface area (Å²) in [4.78, 5) is 7.39. The summed E-state index contributed by atoms with van der Waals surface area (Å²) in [5.41, 5.74) is 1.35.